The van der Waals surface area contributed by atoms with Gasteiger partial charge < -0.3 is 9.84 Å². The summed E-state index contributed by atoms with van der Waals surface area (Å²) in [5.74, 6) is 0.800. The van der Waals surface area contributed by atoms with Gasteiger partial charge in [0.2, 0.25) is 0 Å². The Balaban J connectivity index is 2.40. The first-order valence-electron chi connectivity index (χ1n) is 5.13. The number of thiazole rings is 1. The van der Waals surface area contributed by atoms with Gasteiger partial charge in [-0.2, -0.15) is 0 Å². The SMILES string of the molecule is COc1ccc(Br)cc1-c1csc(CCO)n1. The third kappa shape index (κ3) is 2.86. The van der Waals surface area contributed by atoms with Crippen molar-refractivity contribution in [2.24, 2.45) is 0 Å². The number of ether oxygens (including phenoxy) is 1. The Bertz CT molecular complexity index is 513. The van der Waals surface area contributed by atoms with Crippen molar-refractivity contribution in [3.8, 4) is 17.0 Å². The van der Waals surface area contributed by atoms with Gasteiger partial charge in [0.1, 0.15) is 5.75 Å². The first kappa shape index (κ1) is 12.5. The smallest absolute Gasteiger partial charge is 0.128 e. The van der Waals surface area contributed by atoms with E-state index in [-0.39, 0.29) is 6.61 Å². The largest absolute Gasteiger partial charge is 0.496 e. The number of aromatic nitrogens is 1. The van der Waals surface area contributed by atoms with Crippen LogP contribution in [0.2, 0.25) is 0 Å². The molecule has 0 fully saturated rings. The average Bonchev–Trinajstić information content (AvgIpc) is 2.78. The predicted octanol–water partition coefficient (Wildman–Crippen LogP) is 3.12. The number of aliphatic hydroxyl groups is 1. The van der Waals surface area contributed by atoms with Crippen LogP contribution in [0, 0.1) is 0 Å². The molecule has 0 aliphatic rings. The van der Waals surface area contributed by atoms with E-state index in [1.807, 2.05) is 23.6 Å². The Morgan fingerprint density at radius 2 is 2.29 bits per heavy atom. The second kappa shape index (κ2) is 5.62. The van der Waals surface area contributed by atoms with Gasteiger partial charge in [0, 0.05) is 28.4 Å². The quantitative estimate of drug-likeness (QED) is 0.943. The van der Waals surface area contributed by atoms with E-state index in [9.17, 15) is 0 Å². The van der Waals surface area contributed by atoms with Gasteiger partial charge >= 0.3 is 0 Å². The van der Waals surface area contributed by atoms with Crippen LogP contribution in [-0.4, -0.2) is 23.8 Å². The Hall–Kier alpha value is -0.910. The number of nitrogens with zero attached hydrogens (tertiary/aromatic N) is 1. The molecule has 2 aromatic rings. The molecular weight excluding hydrogens is 302 g/mol. The minimum atomic E-state index is 0.128. The fourth-order valence-electron chi connectivity index (χ4n) is 1.53. The van der Waals surface area contributed by atoms with Gasteiger partial charge in [-0.05, 0) is 18.2 Å². The van der Waals surface area contributed by atoms with E-state index >= 15 is 0 Å². The van der Waals surface area contributed by atoms with Crippen LogP contribution in [0.15, 0.2) is 28.1 Å². The highest BCUT2D eigenvalue weighted by Gasteiger charge is 2.10. The Morgan fingerprint density at radius 1 is 1.47 bits per heavy atom. The summed E-state index contributed by atoms with van der Waals surface area (Å²) in [4.78, 5) is 4.48. The summed E-state index contributed by atoms with van der Waals surface area (Å²) in [5, 5.41) is 11.8. The maximum Gasteiger partial charge on any atom is 0.128 e. The lowest BCUT2D eigenvalue weighted by Gasteiger charge is -2.06. The topological polar surface area (TPSA) is 42.4 Å². The van der Waals surface area contributed by atoms with E-state index in [1.165, 1.54) is 0 Å². The molecule has 1 N–H and O–H groups in total. The summed E-state index contributed by atoms with van der Waals surface area (Å²) in [6, 6.07) is 5.82. The third-order valence-corrected chi connectivity index (χ3v) is 3.72. The molecule has 0 amide bonds. The number of rotatable bonds is 4. The molecule has 0 aliphatic heterocycles. The minimum Gasteiger partial charge on any atom is -0.496 e. The van der Waals surface area contributed by atoms with E-state index in [1.54, 1.807) is 18.4 Å². The summed E-state index contributed by atoms with van der Waals surface area (Å²) < 4.78 is 6.31. The molecule has 90 valence electrons. The molecule has 0 bridgehead atoms. The molecule has 2 rings (SSSR count). The fraction of sp³-hybridized carbons (Fsp3) is 0.250. The van der Waals surface area contributed by atoms with Crippen molar-refractivity contribution in [2.45, 2.75) is 6.42 Å². The standard InChI is InChI=1S/C12H12BrNO2S/c1-16-11-3-2-8(13)6-9(11)10-7-17-12(14-10)4-5-15/h2-3,6-7,15H,4-5H2,1H3. The van der Waals surface area contributed by atoms with Crippen molar-refractivity contribution in [3.05, 3.63) is 33.1 Å². The maximum atomic E-state index is 8.88. The monoisotopic (exact) mass is 313 g/mol. The summed E-state index contributed by atoms with van der Waals surface area (Å²) in [7, 11) is 1.65. The van der Waals surface area contributed by atoms with E-state index in [2.05, 4.69) is 20.9 Å². The lowest BCUT2D eigenvalue weighted by molar-refractivity contribution is 0.299. The molecule has 0 unspecified atom stereocenters. The zero-order valence-electron chi connectivity index (χ0n) is 9.31. The predicted molar refractivity (Wildman–Crippen MR) is 72.6 cm³/mol. The van der Waals surface area contributed by atoms with Crippen LogP contribution in [0.3, 0.4) is 0 Å². The molecule has 1 aromatic carbocycles. The molecule has 1 aromatic heterocycles. The van der Waals surface area contributed by atoms with Crippen molar-refractivity contribution in [3.63, 3.8) is 0 Å². The van der Waals surface area contributed by atoms with Gasteiger partial charge in [-0.3, -0.25) is 0 Å². The number of aliphatic hydroxyl groups excluding tert-OH is 1. The van der Waals surface area contributed by atoms with Crippen LogP contribution in [0.5, 0.6) is 5.75 Å². The van der Waals surface area contributed by atoms with Crippen molar-refractivity contribution in [1.82, 2.24) is 4.98 Å². The van der Waals surface area contributed by atoms with Crippen LogP contribution in [0.1, 0.15) is 5.01 Å². The molecule has 1 heterocycles. The molecule has 3 nitrogen and oxygen atoms in total. The van der Waals surface area contributed by atoms with E-state index in [0.29, 0.717) is 6.42 Å². The zero-order valence-corrected chi connectivity index (χ0v) is 11.7. The van der Waals surface area contributed by atoms with Crippen LogP contribution in [-0.2, 0) is 6.42 Å². The normalized spacial score (nSPS) is 10.5. The highest BCUT2D eigenvalue weighted by molar-refractivity contribution is 9.10. The summed E-state index contributed by atoms with van der Waals surface area (Å²) in [5.41, 5.74) is 1.85. The molecule has 0 radical (unpaired) electrons. The summed E-state index contributed by atoms with van der Waals surface area (Å²) >= 11 is 4.99. The molecule has 0 atom stereocenters. The van der Waals surface area contributed by atoms with Gasteiger partial charge in [-0.25, -0.2) is 4.98 Å². The van der Waals surface area contributed by atoms with Crippen molar-refractivity contribution >= 4 is 27.3 Å². The van der Waals surface area contributed by atoms with Gasteiger partial charge in [-0.15, -0.1) is 11.3 Å². The van der Waals surface area contributed by atoms with Gasteiger partial charge in [0.15, 0.2) is 0 Å². The van der Waals surface area contributed by atoms with Gasteiger partial charge in [0.05, 0.1) is 17.8 Å². The van der Waals surface area contributed by atoms with E-state index in [0.717, 1.165) is 26.5 Å². The second-order valence-corrected chi connectivity index (χ2v) is 5.30. The third-order valence-electron chi connectivity index (χ3n) is 2.31. The fourth-order valence-corrected chi connectivity index (χ4v) is 2.67. The highest BCUT2D eigenvalue weighted by atomic mass is 79.9. The van der Waals surface area contributed by atoms with Gasteiger partial charge in [-0.1, -0.05) is 15.9 Å². The molecule has 0 spiro atoms. The van der Waals surface area contributed by atoms with Crippen molar-refractivity contribution in [1.29, 1.82) is 0 Å². The number of benzene rings is 1. The molecular formula is C12H12BrNO2S. The Labute approximate surface area is 112 Å². The number of hydrogen-bond donors (Lipinski definition) is 1. The second-order valence-electron chi connectivity index (χ2n) is 3.44. The molecule has 0 saturated carbocycles. The van der Waals surface area contributed by atoms with E-state index in [4.69, 9.17) is 9.84 Å². The number of hydrogen-bond acceptors (Lipinski definition) is 4. The summed E-state index contributed by atoms with van der Waals surface area (Å²) in [6.07, 6.45) is 0.598. The average molecular weight is 314 g/mol. The first-order valence-corrected chi connectivity index (χ1v) is 6.81. The lowest BCUT2D eigenvalue weighted by atomic mass is 10.1. The highest BCUT2D eigenvalue weighted by Crippen LogP contribution is 2.33. The number of halogens is 1. The molecule has 0 aliphatic carbocycles. The zero-order chi connectivity index (χ0) is 12.3. The maximum absolute atomic E-state index is 8.88. The minimum absolute atomic E-state index is 0.128. The van der Waals surface area contributed by atoms with Crippen LogP contribution in [0.25, 0.3) is 11.3 Å². The van der Waals surface area contributed by atoms with E-state index < -0.39 is 0 Å². The van der Waals surface area contributed by atoms with Gasteiger partial charge in [0.25, 0.3) is 0 Å². The van der Waals surface area contributed by atoms with Crippen LogP contribution in [0.4, 0.5) is 0 Å². The summed E-state index contributed by atoms with van der Waals surface area (Å²) in [6.45, 7) is 0.128. The lowest BCUT2D eigenvalue weighted by Crippen LogP contribution is -1.91. The molecule has 0 saturated heterocycles. The molecule has 5 heteroatoms. The van der Waals surface area contributed by atoms with Crippen LogP contribution >= 0.6 is 27.3 Å². The van der Waals surface area contributed by atoms with Crippen molar-refractivity contribution < 1.29 is 9.84 Å². The first-order chi connectivity index (χ1) is 8.24. The Morgan fingerprint density at radius 3 is 3.00 bits per heavy atom. The Kier molecular flexibility index (Phi) is 4.15. The molecule has 17 heavy (non-hydrogen) atoms. The number of methoxy groups -OCH3 is 1. The van der Waals surface area contributed by atoms with Crippen LogP contribution < -0.4 is 4.74 Å². The van der Waals surface area contributed by atoms with Crippen molar-refractivity contribution in [2.75, 3.05) is 13.7 Å².